The van der Waals surface area contributed by atoms with Crippen LogP contribution in [0.5, 0.6) is 5.75 Å². The van der Waals surface area contributed by atoms with E-state index >= 15 is 0 Å². The lowest BCUT2D eigenvalue weighted by Crippen LogP contribution is -2.34. The van der Waals surface area contributed by atoms with Crippen LogP contribution in [0.25, 0.3) is 5.57 Å². The zero-order valence-electron chi connectivity index (χ0n) is 11.5. The van der Waals surface area contributed by atoms with Gasteiger partial charge in [0, 0.05) is 12.1 Å². The van der Waals surface area contributed by atoms with Crippen LogP contribution in [0.15, 0.2) is 24.3 Å². The minimum atomic E-state index is -4.88. The van der Waals surface area contributed by atoms with E-state index in [-0.39, 0.29) is 0 Å². The van der Waals surface area contributed by atoms with Crippen molar-refractivity contribution in [3.63, 3.8) is 0 Å². The number of hydrogen-bond donors (Lipinski definition) is 0. The molecule has 0 radical (unpaired) electrons. The minimum absolute atomic E-state index is 0.341. The Bertz CT molecular complexity index is 582. The van der Waals surface area contributed by atoms with Gasteiger partial charge in [-0.2, -0.15) is 0 Å². The highest BCUT2D eigenvalue weighted by atomic mass is 19.4. The number of rotatable bonds is 2. The van der Waals surface area contributed by atoms with Crippen molar-refractivity contribution < 1.29 is 22.3 Å². The Morgan fingerprint density at radius 2 is 2.00 bits per heavy atom. The lowest BCUT2D eigenvalue weighted by molar-refractivity contribution is -0.275. The number of halogens is 4. The van der Waals surface area contributed by atoms with Crippen molar-refractivity contribution in [2.45, 2.75) is 37.7 Å². The minimum Gasteiger partial charge on any atom is -0.403 e. The molecular weight excluding hydrogens is 286 g/mol. The third-order valence-electron chi connectivity index (χ3n) is 4.27. The monoisotopic (exact) mass is 301 g/mol. The van der Waals surface area contributed by atoms with Gasteiger partial charge in [0.1, 0.15) is 0 Å². The predicted octanol–water partition coefficient (Wildman–Crippen LogP) is 3.97. The van der Waals surface area contributed by atoms with Crippen LogP contribution in [-0.4, -0.2) is 30.4 Å². The number of likely N-dealkylation sites (N-methyl/N-ethyl adjacent to an activating group) is 1. The molecule has 1 aromatic rings. The van der Waals surface area contributed by atoms with Crippen molar-refractivity contribution in [3.05, 3.63) is 35.7 Å². The van der Waals surface area contributed by atoms with E-state index < -0.39 is 17.9 Å². The van der Waals surface area contributed by atoms with E-state index in [2.05, 4.69) is 22.8 Å². The maximum atomic E-state index is 13.8. The molecule has 1 fully saturated rings. The molecule has 3 rings (SSSR count). The van der Waals surface area contributed by atoms with Crippen molar-refractivity contribution in [1.82, 2.24) is 4.90 Å². The fraction of sp³-hybridized carbons (Fsp3) is 0.467. The van der Waals surface area contributed by atoms with E-state index in [0.717, 1.165) is 37.0 Å². The van der Waals surface area contributed by atoms with Crippen LogP contribution in [0, 0.1) is 5.82 Å². The highest BCUT2D eigenvalue weighted by molar-refractivity contribution is 5.68. The zero-order chi connectivity index (χ0) is 15.2. The summed E-state index contributed by atoms with van der Waals surface area (Å²) in [5.41, 5.74) is 1.63. The first-order chi connectivity index (χ1) is 9.83. The van der Waals surface area contributed by atoms with Gasteiger partial charge in [-0.1, -0.05) is 12.1 Å². The van der Waals surface area contributed by atoms with E-state index in [1.807, 2.05) is 0 Å². The van der Waals surface area contributed by atoms with Crippen LogP contribution >= 0.6 is 0 Å². The lowest BCUT2D eigenvalue weighted by atomic mass is 9.95. The summed E-state index contributed by atoms with van der Waals surface area (Å²) in [6.07, 6.45) is 0.171. The van der Waals surface area contributed by atoms with Gasteiger partial charge in [-0.05, 0) is 49.6 Å². The first-order valence-corrected chi connectivity index (χ1v) is 6.82. The fourth-order valence-electron chi connectivity index (χ4n) is 3.16. The highest BCUT2D eigenvalue weighted by Gasteiger charge is 2.35. The Labute approximate surface area is 120 Å². The molecule has 0 saturated carbocycles. The van der Waals surface area contributed by atoms with E-state index in [1.165, 1.54) is 6.07 Å². The summed E-state index contributed by atoms with van der Waals surface area (Å²) < 4.78 is 53.8. The maximum absolute atomic E-state index is 13.8. The number of ether oxygens (including phenoxy) is 1. The summed E-state index contributed by atoms with van der Waals surface area (Å²) in [4.78, 5) is 2.29. The normalized spacial score (nSPS) is 25.9. The summed E-state index contributed by atoms with van der Waals surface area (Å²) in [5, 5.41) is 0. The van der Waals surface area contributed by atoms with Crippen LogP contribution in [0.4, 0.5) is 17.6 Å². The molecule has 2 aliphatic heterocycles. The molecule has 114 valence electrons. The highest BCUT2D eigenvalue weighted by Crippen LogP contribution is 2.38. The molecule has 0 aliphatic carbocycles. The second-order valence-corrected chi connectivity index (χ2v) is 5.55. The Morgan fingerprint density at radius 1 is 1.24 bits per heavy atom. The summed E-state index contributed by atoms with van der Waals surface area (Å²) in [7, 11) is 2.07. The Kier molecular flexibility index (Phi) is 3.43. The summed E-state index contributed by atoms with van der Waals surface area (Å²) in [5.74, 6) is -1.78. The molecule has 0 aromatic heterocycles. The topological polar surface area (TPSA) is 12.5 Å². The molecule has 0 amide bonds. The molecule has 2 bridgehead atoms. The standard InChI is InChI=1S/C15H15F4NO/c1-20-11-3-4-12(20)7-10(6-11)9-2-5-14(13(16)8-9)21-15(17,18)19/h2,5-6,8,11-12H,3-4,7H2,1H3. The Balaban J connectivity index is 1.85. The molecule has 2 atom stereocenters. The van der Waals surface area contributed by atoms with Crippen molar-refractivity contribution in [1.29, 1.82) is 0 Å². The lowest BCUT2D eigenvalue weighted by Gasteiger charge is -2.30. The molecule has 1 saturated heterocycles. The largest absolute Gasteiger partial charge is 0.573 e. The number of benzene rings is 1. The first kappa shape index (κ1) is 14.4. The average Bonchev–Trinajstić information content (AvgIpc) is 2.62. The molecule has 2 nitrogen and oxygen atoms in total. The Morgan fingerprint density at radius 3 is 2.62 bits per heavy atom. The van der Waals surface area contributed by atoms with E-state index in [1.54, 1.807) is 0 Å². The van der Waals surface area contributed by atoms with Crippen LogP contribution in [-0.2, 0) is 0 Å². The van der Waals surface area contributed by atoms with Gasteiger partial charge in [-0.15, -0.1) is 13.2 Å². The third-order valence-corrected chi connectivity index (χ3v) is 4.27. The second kappa shape index (κ2) is 5.02. The molecule has 21 heavy (non-hydrogen) atoms. The zero-order valence-corrected chi connectivity index (χ0v) is 11.5. The summed E-state index contributed by atoms with van der Waals surface area (Å²) >= 11 is 0. The van der Waals surface area contributed by atoms with Crippen molar-refractivity contribution in [2.75, 3.05) is 7.05 Å². The van der Waals surface area contributed by atoms with Gasteiger partial charge < -0.3 is 4.74 Å². The molecule has 2 heterocycles. The van der Waals surface area contributed by atoms with Gasteiger partial charge in [-0.25, -0.2) is 4.39 Å². The number of fused-ring (bicyclic) bond motifs is 2. The second-order valence-electron chi connectivity index (χ2n) is 5.55. The van der Waals surface area contributed by atoms with Crippen molar-refractivity contribution >= 4 is 5.57 Å². The fourth-order valence-corrected chi connectivity index (χ4v) is 3.16. The van der Waals surface area contributed by atoms with E-state index in [9.17, 15) is 17.6 Å². The molecule has 2 unspecified atom stereocenters. The smallest absolute Gasteiger partial charge is 0.403 e. The van der Waals surface area contributed by atoms with Crippen molar-refractivity contribution in [2.24, 2.45) is 0 Å². The molecule has 0 N–H and O–H groups in total. The summed E-state index contributed by atoms with van der Waals surface area (Å²) in [6, 6.07) is 4.43. The van der Waals surface area contributed by atoms with Gasteiger partial charge in [-0.3, -0.25) is 4.90 Å². The molecule has 0 spiro atoms. The van der Waals surface area contributed by atoms with Crippen LogP contribution < -0.4 is 4.74 Å². The van der Waals surface area contributed by atoms with Crippen molar-refractivity contribution in [3.8, 4) is 5.75 Å². The predicted molar refractivity (Wildman–Crippen MR) is 70.3 cm³/mol. The molecular formula is C15H15F4NO. The first-order valence-electron chi connectivity index (χ1n) is 6.82. The van der Waals surface area contributed by atoms with Gasteiger partial charge in [0.25, 0.3) is 0 Å². The quantitative estimate of drug-likeness (QED) is 0.766. The SMILES string of the molecule is CN1C2C=C(c3ccc(OC(F)(F)F)c(F)c3)CC1CC2. The van der Waals surface area contributed by atoms with Crippen LogP contribution in [0.1, 0.15) is 24.8 Å². The van der Waals surface area contributed by atoms with Crippen LogP contribution in [0.3, 0.4) is 0 Å². The van der Waals surface area contributed by atoms with Gasteiger partial charge in [0.05, 0.1) is 0 Å². The molecule has 6 heteroatoms. The van der Waals surface area contributed by atoms with Gasteiger partial charge in [0.2, 0.25) is 0 Å². The van der Waals surface area contributed by atoms with Crippen LogP contribution in [0.2, 0.25) is 0 Å². The molecule has 1 aromatic carbocycles. The third kappa shape index (κ3) is 2.90. The number of alkyl halides is 3. The van der Waals surface area contributed by atoms with Gasteiger partial charge >= 0.3 is 6.36 Å². The van der Waals surface area contributed by atoms with E-state index in [0.29, 0.717) is 17.6 Å². The number of hydrogen-bond acceptors (Lipinski definition) is 2. The van der Waals surface area contributed by atoms with E-state index in [4.69, 9.17) is 0 Å². The average molecular weight is 301 g/mol. The van der Waals surface area contributed by atoms with Gasteiger partial charge in [0.15, 0.2) is 11.6 Å². The molecule has 2 aliphatic rings. The maximum Gasteiger partial charge on any atom is 0.573 e. The Hall–Kier alpha value is -1.56. The number of nitrogens with zero attached hydrogens (tertiary/aromatic N) is 1. The summed E-state index contributed by atoms with van der Waals surface area (Å²) in [6.45, 7) is 0.